The number of hydrogen-bond acceptors (Lipinski definition) is 1. The molecule has 0 aromatic heterocycles. The largest absolute Gasteiger partial charge is 0.497 e. The van der Waals surface area contributed by atoms with Crippen molar-refractivity contribution in [1.29, 1.82) is 0 Å². The monoisotopic (exact) mass is 204 g/mol. The van der Waals surface area contributed by atoms with Gasteiger partial charge in [0.25, 0.3) is 0 Å². The molecule has 0 unspecified atom stereocenters. The maximum Gasteiger partial charge on any atom is 0.119 e. The Kier molecular flexibility index (Phi) is 2.49. The molecule has 0 spiro atoms. The highest BCUT2D eigenvalue weighted by molar-refractivity contribution is 5.43. The van der Waals surface area contributed by atoms with Gasteiger partial charge in [-0.05, 0) is 47.4 Å². The third-order valence-corrected chi connectivity index (χ3v) is 3.08. The van der Waals surface area contributed by atoms with E-state index in [4.69, 9.17) is 4.74 Å². The van der Waals surface area contributed by atoms with Gasteiger partial charge in [-0.15, -0.1) is 0 Å². The molecule has 1 nitrogen and oxygen atoms in total. The van der Waals surface area contributed by atoms with Gasteiger partial charge in [0, 0.05) is 0 Å². The summed E-state index contributed by atoms with van der Waals surface area (Å²) in [5, 5.41) is 0. The second-order valence-corrected chi connectivity index (χ2v) is 5.48. The first kappa shape index (κ1) is 10.5. The van der Waals surface area contributed by atoms with Crippen LogP contribution in [0, 0.1) is 0 Å². The summed E-state index contributed by atoms with van der Waals surface area (Å²) in [6.07, 6.45) is 2.69. The Morgan fingerprint density at radius 2 is 1.87 bits per heavy atom. The van der Waals surface area contributed by atoms with Gasteiger partial charge in [0.15, 0.2) is 0 Å². The summed E-state index contributed by atoms with van der Waals surface area (Å²) >= 11 is 0. The van der Waals surface area contributed by atoms with E-state index in [0.29, 0.717) is 0 Å². The lowest BCUT2D eigenvalue weighted by Crippen LogP contribution is -2.13. The minimum Gasteiger partial charge on any atom is -0.497 e. The Morgan fingerprint density at radius 1 is 1.20 bits per heavy atom. The van der Waals surface area contributed by atoms with E-state index in [1.165, 1.54) is 24.0 Å². The Morgan fingerprint density at radius 3 is 2.33 bits per heavy atom. The van der Waals surface area contributed by atoms with Gasteiger partial charge in [-0.1, -0.05) is 26.8 Å². The van der Waals surface area contributed by atoms with Crippen LogP contribution in [-0.4, -0.2) is 7.11 Å². The lowest BCUT2D eigenvalue weighted by atomic mass is 9.82. The van der Waals surface area contributed by atoms with Crippen LogP contribution in [0.5, 0.6) is 5.75 Å². The maximum absolute atomic E-state index is 5.30. The molecule has 1 heteroatoms. The number of hydrogen-bond donors (Lipinski definition) is 0. The first-order valence-corrected chi connectivity index (χ1v) is 5.71. The minimum atomic E-state index is 0.240. The quantitative estimate of drug-likeness (QED) is 0.710. The van der Waals surface area contributed by atoms with Crippen LogP contribution in [0.1, 0.15) is 50.7 Å². The molecule has 0 heterocycles. The molecule has 0 N–H and O–H groups in total. The molecule has 82 valence electrons. The van der Waals surface area contributed by atoms with Crippen molar-refractivity contribution in [3.63, 3.8) is 0 Å². The van der Waals surface area contributed by atoms with Crippen LogP contribution in [0.4, 0.5) is 0 Å². The fourth-order valence-electron chi connectivity index (χ4n) is 2.08. The summed E-state index contributed by atoms with van der Waals surface area (Å²) in [4.78, 5) is 0. The van der Waals surface area contributed by atoms with Gasteiger partial charge < -0.3 is 4.74 Å². The molecule has 0 atom stereocenters. The summed E-state index contributed by atoms with van der Waals surface area (Å²) < 4.78 is 5.30. The highest BCUT2D eigenvalue weighted by Crippen LogP contribution is 2.45. The summed E-state index contributed by atoms with van der Waals surface area (Å²) in [6.45, 7) is 6.84. The SMILES string of the molecule is COc1ccc(C(C)(C)C)c(C2CC2)c1. The van der Waals surface area contributed by atoms with E-state index in [9.17, 15) is 0 Å². The number of ether oxygens (including phenoxy) is 1. The molecule has 2 rings (SSSR count). The molecule has 1 aliphatic rings. The van der Waals surface area contributed by atoms with E-state index in [0.717, 1.165) is 11.7 Å². The zero-order chi connectivity index (χ0) is 11.1. The molecule has 1 aliphatic carbocycles. The van der Waals surface area contributed by atoms with Crippen LogP contribution >= 0.6 is 0 Å². The van der Waals surface area contributed by atoms with E-state index >= 15 is 0 Å². The Balaban J connectivity index is 2.45. The number of rotatable bonds is 2. The topological polar surface area (TPSA) is 9.23 Å². The van der Waals surface area contributed by atoms with E-state index in [1.54, 1.807) is 7.11 Å². The molecular formula is C14H20O. The van der Waals surface area contributed by atoms with Crippen LogP contribution in [-0.2, 0) is 5.41 Å². The minimum absolute atomic E-state index is 0.240. The van der Waals surface area contributed by atoms with Crippen molar-refractivity contribution in [1.82, 2.24) is 0 Å². The molecular weight excluding hydrogens is 184 g/mol. The Hall–Kier alpha value is -0.980. The van der Waals surface area contributed by atoms with Crippen LogP contribution in [0.15, 0.2) is 18.2 Å². The van der Waals surface area contributed by atoms with Gasteiger partial charge in [0.2, 0.25) is 0 Å². The van der Waals surface area contributed by atoms with Crippen molar-refractivity contribution in [3.05, 3.63) is 29.3 Å². The molecule has 0 radical (unpaired) electrons. The zero-order valence-corrected chi connectivity index (χ0v) is 10.1. The number of methoxy groups -OCH3 is 1. The molecule has 1 fully saturated rings. The normalized spacial score (nSPS) is 16.5. The highest BCUT2D eigenvalue weighted by Gasteiger charge is 2.29. The lowest BCUT2D eigenvalue weighted by Gasteiger charge is -2.23. The third kappa shape index (κ3) is 2.17. The van der Waals surface area contributed by atoms with Gasteiger partial charge in [0.1, 0.15) is 5.75 Å². The predicted octanol–water partition coefficient (Wildman–Crippen LogP) is 3.87. The van der Waals surface area contributed by atoms with E-state index in [1.807, 2.05) is 0 Å². The molecule has 1 aromatic rings. The van der Waals surface area contributed by atoms with E-state index in [2.05, 4.69) is 39.0 Å². The van der Waals surface area contributed by atoms with Gasteiger partial charge in [-0.3, -0.25) is 0 Å². The van der Waals surface area contributed by atoms with E-state index in [-0.39, 0.29) is 5.41 Å². The molecule has 1 aromatic carbocycles. The molecule has 1 saturated carbocycles. The predicted molar refractivity (Wildman–Crippen MR) is 63.7 cm³/mol. The summed E-state index contributed by atoms with van der Waals surface area (Å²) in [5.74, 6) is 1.78. The fourth-order valence-corrected chi connectivity index (χ4v) is 2.08. The average molecular weight is 204 g/mol. The Bertz CT molecular complexity index is 356. The maximum atomic E-state index is 5.30. The van der Waals surface area contributed by atoms with Crippen molar-refractivity contribution in [2.24, 2.45) is 0 Å². The summed E-state index contributed by atoms with van der Waals surface area (Å²) in [5.41, 5.74) is 3.22. The van der Waals surface area contributed by atoms with Gasteiger partial charge in [-0.2, -0.15) is 0 Å². The molecule has 0 amide bonds. The van der Waals surface area contributed by atoms with Crippen molar-refractivity contribution in [3.8, 4) is 5.75 Å². The fraction of sp³-hybridized carbons (Fsp3) is 0.571. The van der Waals surface area contributed by atoms with Crippen molar-refractivity contribution >= 4 is 0 Å². The first-order valence-electron chi connectivity index (χ1n) is 5.71. The average Bonchev–Trinajstić information content (AvgIpc) is 2.98. The molecule has 0 saturated heterocycles. The van der Waals surface area contributed by atoms with E-state index < -0.39 is 0 Å². The van der Waals surface area contributed by atoms with Crippen LogP contribution < -0.4 is 4.74 Å². The van der Waals surface area contributed by atoms with Crippen LogP contribution in [0.25, 0.3) is 0 Å². The van der Waals surface area contributed by atoms with Crippen molar-refractivity contribution in [2.45, 2.75) is 44.9 Å². The van der Waals surface area contributed by atoms with Crippen molar-refractivity contribution in [2.75, 3.05) is 7.11 Å². The second-order valence-electron chi connectivity index (χ2n) is 5.48. The molecule has 0 bridgehead atoms. The third-order valence-electron chi connectivity index (χ3n) is 3.08. The summed E-state index contributed by atoms with van der Waals surface area (Å²) in [6, 6.07) is 6.52. The lowest BCUT2D eigenvalue weighted by molar-refractivity contribution is 0.413. The number of benzene rings is 1. The highest BCUT2D eigenvalue weighted by atomic mass is 16.5. The summed E-state index contributed by atoms with van der Waals surface area (Å²) in [7, 11) is 1.74. The smallest absolute Gasteiger partial charge is 0.119 e. The van der Waals surface area contributed by atoms with Gasteiger partial charge in [-0.25, -0.2) is 0 Å². The van der Waals surface area contributed by atoms with Gasteiger partial charge >= 0.3 is 0 Å². The zero-order valence-electron chi connectivity index (χ0n) is 10.1. The Labute approximate surface area is 92.5 Å². The van der Waals surface area contributed by atoms with Crippen LogP contribution in [0.2, 0.25) is 0 Å². The van der Waals surface area contributed by atoms with Crippen LogP contribution in [0.3, 0.4) is 0 Å². The second kappa shape index (κ2) is 3.55. The molecule has 15 heavy (non-hydrogen) atoms. The molecule has 0 aliphatic heterocycles. The van der Waals surface area contributed by atoms with Crippen molar-refractivity contribution < 1.29 is 4.74 Å². The first-order chi connectivity index (χ1) is 7.02. The standard InChI is InChI=1S/C14H20O/c1-14(2,3)13-8-7-11(15-4)9-12(13)10-5-6-10/h7-10H,5-6H2,1-4H3. The van der Waals surface area contributed by atoms with Gasteiger partial charge in [0.05, 0.1) is 7.11 Å².